The van der Waals surface area contributed by atoms with Crippen LogP contribution in [0.15, 0.2) is 10.6 Å². The average Bonchev–Trinajstić information content (AvgIpc) is 2.15. The number of morpholine rings is 1. The first-order valence-corrected chi connectivity index (χ1v) is 5.74. The van der Waals surface area contributed by atoms with Crippen molar-refractivity contribution < 1.29 is 9.84 Å². The van der Waals surface area contributed by atoms with E-state index in [0.717, 1.165) is 6.54 Å². The minimum absolute atomic E-state index is 0.0299. The average molecular weight is 254 g/mol. The molecule has 1 atom stereocenters. The standard InChI is InChI=1S/C10H17Cl2NO2/c1-10(2)7-13(4-8(12)3-11)5-9(6-14)15-10/h3,9,14H,4-7H2,1-2H3. The minimum Gasteiger partial charge on any atom is -0.394 e. The molecular weight excluding hydrogens is 237 g/mol. The molecule has 3 nitrogen and oxygen atoms in total. The molecule has 5 heteroatoms. The summed E-state index contributed by atoms with van der Waals surface area (Å²) in [4.78, 5) is 2.13. The molecule has 0 aliphatic carbocycles. The summed E-state index contributed by atoms with van der Waals surface area (Å²) in [7, 11) is 0. The van der Waals surface area contributed by atoms with E-state index in [1.807, 2.05) is 13.8 Å². The maximum atomic E-state index is 9.11. The fourth-order valence-corrected chi connectivity index (χ4v) is 2.12. The number of ether oxygens (including phenoxy) is 1. The van der Waals surface area contributed by atoms with Crippen LogP contribution in [-0.4, -0.2) is 48.0 Å². The van der Waals surface area contributed by atoms with Gasteiger partial charge in [-0.3, -0.25) is 4.90 Å². The van der Waals surface area contributed by atoms with Crippen LogP contribution in [0.5, 0.6) is 0 Å². The molecule has 1 unspecified atom stereocenters. The molecule has 0 bridgehead atoms. The SMILES string of the molecule is CC1(C)CN(CC(Cl)=CCl)CC(CO)O1. The molecule has 15 heavy (non-hydrogen) atoms. The molecule has 0 aromatic rings. The highest BCUT2D eigenvalue weighted by molar-refractivity contribution is 6.36. The Morgan fingerprint density at radius 3 is 2.87 bits per heavy atom. The number of halogens is 2. The highest BCUT2D eigenvalue weighted by atomic mass is 35.5. The summed E-state index contributed by atoms with van der Waals surface area (Å²) < 4.78 is 5.68. The summed E-state index contributed by atoms with van der Waals surface area (Å²) in [5.74, 6) is 0. The monoisotopic (exact) mass is 253 g/mol. The minimum atomic E-state index is -0.255. The molecular formula is C10H17Cl2NO2. The molecule has 0 spiro atoms. The largest absolute Gasteiger partial charge is 0.394 e. The summed E-state index contributed by atoms with van der Waals surface area (Å²) in [6.07, 6.45) is -0.145. The molecule has 1 rings (SSSR count). The fourth-order valence-electron chi connectivity index (χ4n) is 1.88. The predicted octanol–water partition coefficient (Wildman–Crippen LogP) is 1.78. The van der Waals surface area contributed by atoms with Crippen molar-refractivity contribution in [1.29, 1.82) is 0 Å². The maximum absolute atomic E-state index is 9.11. The van der Waals surface area contributed by atoms with Crippen molar-refractivity contribution in [3.63, 3.8) is 0 Å². The van der Waals surface area contributed by atoms with Gasteiger partial charge in [0.15, 0.2) is 0 Å². The van der Waals surface area contributed by atoms with Gasteiger partial charge in [0.1, 0.15) is 0 Å². The molecule has 1 N–H and O–H groups in total. The van der Waals surface area contributed by atoms with E-state index in [1.54, 1.807) is 0 Å². The lowest BCUT2D eigenvalue weighted by Gasteiger charge is -2.42. The van der Waals surface area contributed by atoms with Crippen LogP contribution in [0, 0.1) is 0 Å². The molecule has 0 amide bonds. The molecule has 0 saturated carbocycles. The van der Waals surface area contributed by atoms with E-state index >= 15 is 0 Å². The first kappa shape index (κ1) is 13.3. The quantitative estimate of drug-likeness (QED) is 0.833. The van der Waals surface area contributed by atoms with Crippen molar-refractivity contribution in [2.75, 3.05) is 26.2 Å². The van der Waals surface area contributed by atoms with E-state index in [0.29, 0.717) is 18.1 Å². The molecule has 1 heterocycles. The number of aliphatic hydroxyl groups is 1. The van der Waals surface area contributed by atoms with Gasteiger partial charge in [-0.15, -0.1) is 0 Å². The second kappa shape index (κ2) is 5.51. The van der Waals surface area contributed by atoms with Crippen molar-refractivity contribution in [2.45, 2.75) is 25.6 Å². The first-order valence-electron chi connectivity index (χ1n) is 4.92. The van der Waals surface area contributed by atoms with Crippen LogP contribution < -0.4 is 0 Å². The molecule has 1 aliphatic heterocycles. The van der Waals surface area contributed by atoms with E-state index in [9.17, 15) is 0 Å². The van der Waals surface area contributed by atoms with Gasteiger partial charge in [0, 0.05) is 30.2 Å². The summed E-state index contributed by atoms with van der Waals surface area (Å²) in [5, 5.41) is 9.71. The van der Waals surface area contributed by atoms with Crippen LogP contribution in [0.3, 0.4) is 0 Å². The van der Waals surface area contributed by atoms with Crippen molar-refractivity contribution in [3.8, 4) is 0 Å². The van der Waals surface area contributed by atoms with Gasteiger partial charge in [-0.2, -0.15) is 0 Å². The van der Waals surface area contributed by atoms with Gasteiger partial charge >= 0.3 is 0 Å². The Morgan fingerprint density at radius 2 is 2.33 bits per heavy atom. The Hall–Kier alpha value is 0.200. The normalized spacial score (nSPS) is 28.1. The van der Waals surface area contributed by atoms with Crippen LogP contribution in [-0.2, 0) is 4.74 Å². The fraction of sp³-hybridized carbons (Fsp3) is 0.800. The third-order valence-electron chi connectivity index (χ3n) is 2.25. The molecule has 0 aromatic carbocycles. The zero-order valence-corrected chi connectivity index (χ0v) is 10.6. The van der Waals surface area contributed by atoms with Crippen LogP contribution in [0.1, 0.15) is 13.8 Å². The summed E-state index contributed by atoms with van der Waals surface area (Å²) >= 11 is 11.4. The Morgan fingerprint density at radius 1 is 1.67 bits per heavy atom. The van der Waals surface area contributed by atoms with Crippen molar-refractivity contribution in [2.24, 2.45) is 0 Å². The van der Waals surface area contributed by atoms with Crippen LogP contribution in [0.4, 0.5) is 0 Å². The van der Waals surface area contributed by atoms with Gasteiger partial charge in [-0.1, -0.05) is 23.2 Å². The Labute approximate surface area is 101 Å². The van der Waals surface area contributed by atoms with Crippen molar-refractivity contribution in [1.82, 2.24) is 4.90 Å². The van der Waals surface area contributed by atoms with E-state index in [1.165, 1.54) is 5.54 Å². The van der Waals surface area contributed by atoms with Crippen molar-refractivity contribution in [3.05, 3.63) is 10.6 Å². The van der Waals surface area contributed by atoms with Crippen molar-refractivity contribution >= 4 is 23.2 Å². The van der Waals surface area contributed by atoms with Gasteiger partial charge in [0.25, 0.3) is 0 Å². The summed E-state index contributed by atoms with van der Waals surface area (Å²) in [6.45, 7) is 6.10. The molecule has 1 aliphatic rings. The zero-order chi connectivity index (χ0) is 11.5. The second-order valence-electron chi connectivity index (χ2n) is 4.41. The maximum Gasteiger partial charge on any atom is 0.0940 e. The number of hydrogen-bond donors (Lipinski definition) is 1. The van der Waals surface area contributed by atoms with Gasteiger partial charge in [0.05, 0.1) is 18.3 Å². The highest BCUT2D eigenvalue weighted by Gasteiger charge is 2.32. The van der Waals surface area contributed by atoms with Gasteiger partial charge in [0.2, 0.25) is 0 Å². The van der Waals surface area contributed by atoms with E-state index in [2.05, 4.69) is 4.90 Å². The summed E-state index contributed by atoms with van der Waals surface area (Å²) in [5.41, 5.74) is 1.12. The smallest absolute Gasteiger partial charge is 0.0940 e. The van der Waals surface area contributed by atoms with Gasteiger partial charge in [-0.05, 0) is 13.8 Å². The van der Waals surface area contributed by atoms with E-state index < -0.39 is 0 Å². The predicted molar refractivity (Wildman–Crippen MR) is 62.3 cm³/mol. The Balaban J connectivity index is 2.58. The Bertz CT molecular complexity index is 244. The zero-order valence-electron chi connectivity index (χ0n) is 9.04. The molecule has 1 saturated heterocycles. The summed E-state index contributed by atoms with van der Waals surface area (Å²) in [6, 6.07) is 0. The topological polar surface area (TPSA) is 32.7 Å². The third kappa shape index (κ3) is 4.29. The number of nitrogens with zero attached hydrogens (tertiary/aromatic N) is 1. The van der Waals surface area contributed by atoms with E-state index in [-0.39, 0.29) is 18.3 Å². The molecule has 0 aromatic heterocycles. The first-order chi connectivity index (χ1) is 6.96. The van der Waals surface area contributed by atoms with E-state index in [4.69, 9.17) is 33.0 Å². The third-order valence-corrected chi connectivity index (χ3v) is 2.85. The lowest BCUT2D eigenvalue weighted by Crippen LogP contribution is -2.53. The molecule has 0 radical (unpaired) electrons. The highest BCUT2D eigenvalue weighted by Crippen LogP contribution is 2.22. The molecule has 88 valence electrons. The number of aliphatic hydroxyl groups excluding tert-OH is 1. The number of rotatable bonds is 3. The lowest BCUT2D eigenvalue weighted by molar-refractivity contribution is -0.146. The van der Waals surface area contributed by atoms with Crippen LogP contribution in [0.2, 0.25) is 0 Å². The van der Waals surface area contributed by atoms with Gasteiger partial charge < -0.3 is 9.84 Å². The van der Waals surface area contributed by atoms with Crippen LogP contribution >= 0.6 is 23.2 Å². The molecule has 1 fully saturated rings. The number of hydrogen-bond acceptors (Lipinski definition) is 3. The Kier molecular flexibility index (Phi) is 4.87. The second-order valence-corrected chi connectivity index (χ2v) is 5.11. The lowest BCUT2D eigenvalue weighted by atomic mass is 10.1. The van der Waals surface area contributed by atoms with Gasteiger partial charge in [-0.25, -0.2) is 0 Å². The van der Waals surface area contributed by atoms with Crippen LogP contribution in [0.25, 0.3) is 0 Å².